The normalized spacial score (nSPS) is 18.2. The molecular weight excluding hydrogens is 276 g/mol. The van der Waals surface area contributed by atoms with E-state index in [0.29, 0.717) is 5.69 Å². The van der Waals surface area contributed by atoms with Crippen molar-refractivity contribution in [3.63, 3.8) is 0 Å². The maximum atomic E-state index is 12.0. The van der Waals surface area contributed by atoms with Gasteiger partial charge in [-0.1, -0.05) is 36.0 Å². The summed E-state index contributed by atoms with van der Waals surface area (Å²) in [5, 5.41) is 1.72. The third-order valence-corrected chi connectivity index (χ3v) is 3.82. The molecule has 1 N–H and O–H groups in total. The second-order valence-corrected chi connectivity index (χ2v) is 5.38. The minimum absolute atomic E-state index is 0.0161. The van der Waals surface area contributed by atoms with Gasteiger partial charge >= 0.3 is 0 Å². The third-order valence-electron chi connectivity index (χ3n) is 2.74. The number of carbonyl (C=O) groups is 3. The molecule has 0 radical (unpaired) electrons. The molecule has 0 bridgehead atoms. The molecule has 1 fully saturated rings. The molecule has 1 aliphatic heterocycles. The Morgan fingerprint density at radius 2 is 2.05 bits per heavy atom. The van der Waals surface area contributed by atoms with Crippen LogP contribution in [-0.4, -0.2) is 33.7 Å². The summed E-state index contributed by atoms with van der Waals surface area (Å²) >= 11 is 0.889. The Balaban J connectivity index is 1.94. The van der Waals surface area contributed by atoms with Gasteiger partial charge in [0.15, 0.2) is 0 Å². The van der Waals surface area contributed by atoms with E-state index in [4.69, 9.17) is 0 Å². The average molecular weight is 290 g/mol. The summed E-state index contributed by atoms with van der Waals surface area (Å²) in [6.45, 7) is 3.68. The number of para-hydroxylation sites is 1. The van der Waals surface area contributed by atoms with Crippen molar-refractivity contribution in [2.24, 2.45) is 0 Å². The van der Waals surface area contributed by atoms with Crippen molar-refractivity contribution in [1.82, 2.24) is 4.90 Å². The minimum Gasteiger partial charge on any atom is -0.326 e. The van der Waals surface area contributed by atoms with Gasteiger partial charge in [-0.3, -0.25) is 19.3 Å². The van der Waals surface area contributed by atoms with E-state index in [9.17, 15) is 14.4 Å². The van der Waals surface area contributed by atoms with Crippen LogP contribution in [0.5, 0.6) is 0 Å². The molecule has 1 aliphatic rings. The molecule has 2 rings (SSSR count). The van der Waals surface area contributed by atoms with Crippen LogP contribution in [0, 0.1) is 0 Å². The van der Waals surface area contributed by atoms with E-state index in [0.717, 1.165) is 16.7 Å². The summed E-state index contributed by atoms with van der Waals surface area (Å²) in [6, 6.07) is 8.98. The molecule has 5 nitrogen and oxygen atoms in total. The Labute approximate surface area is 121 Å². The number of hydrogen-bond donors (Lipinski definition) is 1. The number of benzene rings is 1. The summed E-state index contributed by atoms with van der Waals surface area (Å²) < 4.78 is 0. The number of rotatable bonds is 5. The summed E-state index contributed by atoms with van der Waals surface area (Å²) in [4.78, 5) is 36.5. The van der Waals surface area contributed by atoms with Gasteiger partial charge in [-0.15, -0.1) is 6.58 Å². The third kappa shape index (κ3) is 3.27. The highest BCUT2D eigenvalue weighted by Gasteiger charge is 2.39. The Bertz CT molecular complexity index is 545. The summed E-state index contributed by atoms with van der Waals surface area (Å²) in [5.74, 6) is -0.613. The van der Waals surface area contributed by atoms with E-state index in [-0.39, 0.29) is 30.0 Å². The summed E-state index contributed by atoms with van der Waals surface area (Å²) in [7, 11) is 0. The lowest BCUT2D eigenvalue weighted by Gasteiger charge is -2.11. The van der Waals surface area contributed by atoms with E-state index in [1.54, 1.807) is 24.3 Å². The molecule has 3 amide bonds. The van der Waals surface area contributed by atoms with Gasteiger partial charge in [-0.25, -0.2) is 0 Å². The SMILES string of the molecule is C=CCN1C(=O)SC(CC(=O)Nc2ccccc2)C1=O. The fourth-order valence-corrected chi connectivity index (χ4v) is 2.82. The van der Waals surface area contributed by atoms with E-state index < -0.39 is 5.25 Å². The van der Waals surface area contributed by atoms with E-state index >= 15 is 0 Å². The molecule has 0 saturated carbocycles. The van der Waals surface area contributed by atoms with Gasteiger partial charge in [-0.05, 0) is 12.1 Å². The van der Waals surface area contributed by atoms with Gasteiger partial charge in [0.1, 0.15) is 5.25 Å². The number of imide groups is 1. The molecule has 1 heterocycles. The van der Waals surface area contributed by atoms with Gasteiger partial charge in [-0.2, -0.15) is 0 Å². The molecule has 1 aromatic rings. The highest BCUT2D eigenvalue weighted by Crippen LogP contribution is 2.29. The van der Waals surface area contributed by atoms with E-state index in [1.165, 1.54) is 6.08 Å². The predicted octanol–water partition coefficient (Wildman–Crippen LogP) is 2.27. The van der Waals surface area contributed by atoms with Crippen LogP contribution in [-0.2, 0) is 9.59 Å². The highest BCUT2D eigenvalue weighted by molar-refractivity contribution is 8.15. The van der Waals surface area contributed by atoms with Crippen molar-refractivity contribution in [3.05, 3.63) is 43.0 Å². The predicted molar refractivity (Wildman–Crippen MR) is 78.4 cm³/mol. The van der Waals surface area contributed by atoms with Gasteiger partial charge in [0.05, 0.1) is 0 Å². The van der Waals surface area contributed by atoms with Crippen molar-refractivity contribution in [3.8, 4) is 0 Å². The molecule has 104 valence electrons. The number of nitrogens with zero attached hydrogens (tertiary/aromatic N) is 1. The number of thioether (sulfide) groups is 1. The fraction of sp³-hybridized carbons (Fsp3) is 0.214. The van der Waals surface area contributed by atoms with Crippen LogP contribution in [0.15, 0.2) is 43.0 Å². The lowest BCUT2D eigenvalue weighted by Crippen LogP contribution is -2.33. The van der Waals surface area contributed by atoms with E-state index in [1.807, 2.05) is 6.07 Å². The first-order valence-corrected chi connectivity index (χ1v) is 6.97. The molecule has 1 aromatic carbocycles. The Kier molecular flexibility index (Phi) is 4.57. The van der Waals surface area contributed by atoms with Crippen LogP contribution in [0.25, 0.3) is 0 Å². The Hall–Kier alpha value is -2.08. The second kappa shape index (κ2) is 6.38. The first kappa shape index (κ1) is 14.3. The van der Waals surface area contributed by atoms with Crippen LogP contribution < -0.4 is 5.32 Å². The maximum absolute atomic E-state index is 12.0. The molecule has 0 spiro atoms. The molecule has 1 atom stereocenters. The zero-order valence-corrected chi connectivity index (χ0v) is 11.6. The molecule has 1 unspecified atom stereocenters. The smallest absolute Gasteiger partial charge is 0.289 e. The van der Waals surface area contributed by atoms with Gasteiger partial charge in [0.25, 0.3) is 5.24 Å². The highest BCUT2D eigenvalue weighted by atomic mass is 32.2. The standard InChI is InChI=1S/C14H14N2O3S/c1-2-8-16-13(18)11(20-14(16)19)9-12(17)15-10-6-4-3-5-7-10/h2-7,11H,1,8-9H2,(H,15,17). The quantitative estimate of drug-likeness (QED) is 0.845. The second-order valence-electron chi connectivity index (χ2n) is 4.23. The molecule has 20 heavy (non-hydrogen) atoms. The Morgan fingerprint density at radius 1 is 1.35 bits per heavy atom. The molecule has 6 heteroatoms. The van der Waals surface area contributed by atoms with Gasteiger partial charge in [0, 0.05) is 18.7 Å². The van der Waals surface area contributed by atoms with Crippen molar-refractivity contribution >= 4 is 34.5 Å². The lowest BCUT2D eigenvalue weighted by atomic mass is 10.2. The van der Waals surface area contributed by atoms with Crippen LogP contribution >= 0.6 is 11.8 Å². The number of hydrogen-bond acceptors (Lipinski definition) is 4. The molecule has 0 aromatic heterocycles. The zero-order valence-electron chi connectivity index (χ0n) is 10.7. The molecule has 1 saturated heterocycles. The van der Waals surface area contributed by atoms with Crippen molar-refractivity contribution < 1.29 is 14.4 Å². The topological polar surface area (TPSA) is 66.5 Å². The van der Waals surface area contributed by atoms with Crippen LogP contribution in [0.2, 0.25) is 0 Å². The Morgan fingerprint density at radius 3 is 2.70 bits per heavy atom. The largest absolute Gasteiger partial charge is 0.326 e. The molecular formula is C14H14N2O3S. The zero-order chi connectivity index (χ0) is 14.5. The maximum Gasteiger partial charge on any atom is 0.289 e. The lowest BCUT2D eigenvalue weighted by molar-refractivity contribution is -0.128. The van der Waals surface area contributed by atoms with Crippen molar-refractivity contribution in [2.45, 2.75) is 11.7 Å². The van der Waals surface area contributed by atoms with Gasteiger partial charge in [0.2, 0.25) is 11.8 Å². The van der Waals surface area contributed by atoms with Crippen LogP contribution in [0.4, 0.5) is 10.5 Å². The summed E-state index contributed by atoms with van der Waals surface area (Å²) in [6.07, 6.45) is 1.47. The van der Waals surface area contributed by atoms with E-state index in [2.05, 4.69) is 11.9 Å². The fourth-order valence-electron chi connectivity index (χ4n) is 1.82. The number of amides is 3. The van der Waals surface area contributed by atoms with Crippen LogP contribution in [0.3, 0.4) is 0 Å². The number of anilines is 1. The molecule has 0 aliphatic carbocycles. The first-order chi connectivity index (χ1) is 9.61. The monoisotopic (exact) mass is 290 g/mol. The van der Waals surface area contributed by atoms with Crippen molar-refractivity contribution in [1.29, 1.82) is 0 Å². The number of nitrogens with one attached hydrogen (secondary N) is 1. The van der Waals surface area contributed by atoms with Crippen LogP contribution in [0.1, 0.15) is 6.42 Å². The van der Waals surface area contributed by atoms with Gasteiger partial charge < -0.3 is 5.32 Å². The summed E-state index contributed by atoms with van der Waals surface area (Å²) in [5.41, 5.74) is 0.669. The minimum atomic E-state index is -0.647. The number of carbonyl (C=O) groups excluding carboxylic acids is 3. The first-order valence-electron chi connectivity index (χ1n) is 6.09. The average Bonchev–Trinajstić information content (AvgIpc) is 2.68. The van der Waals surface area contributed by atoms with Crippen molar-refractivity contribution in [2.75, 3.05) is 11.9 Å².